The number of carboxylic acids is 1. The van der Waals surface area contributed by atoms with Crippen molar-refractivity contribution in [3.63, 3.8) is 0 Å². The molecule has 214 valence electrons. The summed E-state index contributed by atoms with van der Waals surface area (Å²) < 4.78 is 46.3. The Kier molecular flexibility index (Phi) is 9.07. The molecule has 0 radical (unpaired) electrons. The van der Waals surface area contributed by atoms with E-state index >= 15 is 0 Å². The smallest absolute Gasteiger partial charge is 0.475 e. The summed E-state index contributed by atoms with van der Waals surface area (Å²) in [7, 11) is 0. The number of piperazine rings is 1. The van der Waals surface area contributed by atoms with Crippen LogP contribution in [-0.2, 0) is 16.0 Å². The molecule has 0 bridgehead atoms. The van der Waals surface area contributed by atoms with E-state index in [9.17, 15) is 31.9 Å². The molecule has 0 aliphatic carbocycles. The Morgan fingerprint density at radius 3 is 2.30 bits per heavy atom. The molecule has 2 amide bonds. The minimum absolute atomic E-state index is 0.0858. The zero-order chi connectivity index (χ0) is 29.9. The topological polar surface area (TPSA) is 137 Å². The van der Waals surface area contributed by atoms with Gasteiger partial charge in [-0.05, 0) is 51.0 Å². The van der Waals surface area contributed by atoms with E-state index in [-0.39, 0.29) is 23.6 Å². The summed E-state index contributed by atoms with van der Waals surface area (Å²) in [5.74, 6) is -4.15. The molecule has 15 heteroatoms. The highest BCUT2D eigenvalue weighted by Crippen LogP contribution is 2.29. The Morgan fingerprint density at radius 1 is 1.10 bits per heavy atom. The summed E-state index contributed by atoms with van der Waals surface area (Å²) in [4.78, 5) is 53.9. The van der Waals surface area contributed by atoms with E-state index in [0.29, 0.717) is 36.3 Å². The van der Waals surface area contributed by atoms with Crippen LogP contribution in [0.3, 0.4) is 0 Å². The number of nitrogens with one attached hydrogen (secondary N) is 1. The lowest BCUT2D eigenvalue weighted by Crippen LogP contribution is -2.52. The number of thiazole rings is 1. The van der Waals surface area contributed by atoms with Gasteiger partial charge in [0.15, 0.2) is 0 Å². The van der Waals surface area contributed by atoms with Crippen LogP contribution in [0.4, 0.5) is 22.6 Å². The van der Waals surface area contributed by atoms with Crippen molar-refractivity contribution in [3.05, 3.63) is 73.0 Å². The second-order valence-electron chi connectivity index (χ2n) is 8.94. The summed E-state index contributed by atoms with van der Waals surface area (Å²) in [6.45, 7) is 7.75. The number of alkyl halides is 3. The van der Waals surface area contributed by atoms with Crippen molar-refractivity contribution < 1.29 is 37.1 Å². The number of carbonyl (C=O) groups is 3. The maximum absolute atomic E-state index is 14.6. The normalized spacial score (nSPS) is 13.7. The number of benzene rings is 1. The van der Waals surface area contributed by atoms with Gasteiger partial charge in [-0.25, -0.2) is 19.3 Å². The molecule has 1 saturated heterocycles. The van der Waals surface area contributed by atoms with Crippen LogP contribution in [0.5, 0.6) is 0 Å². The molecule has 1 aromatic carbocycles. The molecular formula is C25H25F4N5O5S. The maximum atomic E-state index is 14.6. The first-order valence-corrected chi connectivity index (χ1v) is 12.6. The number of hydrogen-bond donors (Lipinski definition) is 2. The van der Waals surface area contributed by atoms with Crippen LogP contribution in [0, 0.1) is 33.5 Å². The lowest BCUT2D eigenvalue weighted by molar-refractivity contribution is -0.192. The van der Waals surface area contributed by atoms with Crippen molar-refractivity contribution in [2.75, 3.05) is 24.5 Å². The monoisotopic (exact) mass is 583 g/mol. The van der Waals surface area contributed by atoms with Crippen LogP contribution in [0.1, 0.15) is 43.4 Å². The van der Waals surface area contributed by atoms with Gasteiger partial charge in [0, 0.05) is 25.1 Å². The summed E-state index contributed by atoms with van der Waals surface area (Å²) in [5, 5.41) is 15.3. The van der Waals surface area contributed by atoms with Gasteiger partial charge in [-0.2, -0.15) is 18.3 Å². The molecule has 40 heavy (non-hydrogen) atoms. The van der Waals surface area contributed by atoms with E-state index in [4.69, 9.17) is 9.90 Å². The number of anilines is 1. The molecule has 2 aromatic heterocycles. The van der Waals surface area contributed by atoms with Gasteiger partial charge in [-0.15, -0.1) is 11.3 Å². The minimum atomic E-state index is -5.08. The second kappa shape index (κ2) is 11.9. The highest BCUT2D eigenvalue weighted by molar-refractivity contribution is 7.16. The molecule has 0 unspecified atom stereocenters. The zero-order valence-corrected chi connectivity index (χ0v) is 22.7. The van der Waals surface area contributed by atoms with Gasteiger partial charge in [0.1, 0.15) is 17.4 Å². The van der Waals surface area contributed by atoms with Crippen molar-refractivity contribution in [2.45, 2.75) is 40.3 Å². The summed E-state index contributed by atoms with van der Waals surface area (Å²) >= 11 is 1.44. The molecule has 10 nitrogen and oxygen atoms in total. The van der Waals surface area contributed by atoms with Crippen molar-refractivity contribution >= 4 is 34.1 Å². The quantitative estimate of drug-likeness (QED) is 0.450. The molecular weight excluding hydrogens is 558 g/mol. The van der Waals surface area contributed by atoms with Crippen LogP contribution >= 0.6 is 11.3 Å². The van der Waals surface area contributed by atoms with E-state index < -0.39 is 23.9 Å². The second-order valence-corrected chi connectivity index (χ2v) is 10.1. The van der Waals surface area contributed by atoms with Crippen molar-refractivity contribution in [1.29, 1.82) is 0 Å². The number of halogens is 4. The lowest BCUT2D eigenvalue weighted by atomic mass is 10.0. The Balaban J connectivity index is 0.000000559. The van der Waals surface area contributed by atoms with E-state index in [0.717, 1.165) is 21.3 Å². The van der Waals surface area contributed by atoms with Crippen LogP contribution < -0.4 is 10.5 Å². The fourth-order valence-corrected chi connectivity index (χ4v) is 4.85. The molecule has 1 aliphatic rings. The Labute approximate surface area is 229 Å². The van der Waals surface area contributed by atoms with E-state index in [1.807, 2.05) is 13.8 Å². The van der Waals surface area contributed by atoms with Gasteiger partial charge in [0.2, 0.25) is 5.91 Å². The number of aryl methyl sites for hydroxylation is 2. The predicted octanol–water partition coefficient (Wildman–Crippen LogP) is 3.31. The molecule has 1 fully saturated rings. The molecule has 0 saturated carbocycles. The Bertz CT molecular complexity index is 1520. The van der Waals surface area contributed by atoms with Crippen molar-refractivity contribution in [2.24, 2.45) is 0 Å². The fourth-order valence-electron chi connectivity index (χ4n) is 3.89. The number of nitrogens with zero attached hydrogens (tertiary/aromatic N) is 4. The predicted molar refractivity (Wildman–Crippen MR) is 137 cm³/mol. The molecule has 1 aliphatic heterocycles. The highest BCUT2D eigenvalue weighted by Gasteiger charge is 2.38. The van der Waals surface area contributed by atoms with Crippen LogP contribution in [0.25, 0.3) is 0 Å². The summed E-state index contributed by atoms with van der Waals surface area (Å²) in [6, 6.07) is 4.33. The molecule has 4 rings (SSSR count). The first kappa shape index (κ1) is 30.4. The van der Waals surface area contributed by atoms with E-state index in [1.165, 1.54) is 28.4 Å². The van der Waals surface area contributed by atoms with Crippen molar-refractivity contribution in [1.82, 2.24) is 20.1 Å². The van der Waals surface area contributed by atoms with Gasteiger partial charge in [-0.1, -0.05) is 6.07 Å². The van der Waals surface area contributed by atoms with Crippen LogP contribution in [0.15, 0.2) is 23.0 Å². The lowest BCUT2D eigenvalue weighted by Gasteiger charge is -2.33. The number of hydrogen-bond acceptors (Lipinski definition) is 7. The number of carboxylic acid groups (broad SMARTS) is 1. The van der Waals surface area contributed by atoms with Gasteiger partial charge in [-0.3, -0.25) is 19.3 Å². The standard InChI is InChI=1S/C23H24FN5O3S.C2HF3O2/c1-12-13(2)21(31)27-26-19(12)10-16-5-6-18(24)17(9-16)22(32)28-7-8-29(20(30)11-28)23-14(3)25-15(4)33-23;3-2(4,5)1(6)7/h5-6,9H,7-8,10-11H2,1-4H3,(H,27,31);(H,6,7). The zero-order valence-electron chi connectivity index (χ0n) is 21.8. The molecule has 0 spiro atoms. The van der Waals surface area contributed by atoms with E-state index in [1.54, 1.807) is 24.8 Å². The van der Waals surface area contributed by atoms with Gasteiger partial charge < -0.3 is 10.0 Å². The highest BCUT2D eigenvalue weighted by atomic mass is 32.1. The van der Waals surface area contributed by atoms with Crippen molar-refractivity contribution in [3.8, 4) is 0 Å². The summed E-state index contributed by atoms with van der Waals surface area (Å²) in [5.41, 5.74) is 3.10. The number of aliphatic carboxylic acids is 1. The largest absolute Gasteiger partial charge is 0.490 e. The van der Waals surface area contributed by atoms with Crippen LogP contribution in [-0.4, -0.2) is 68.8 Å². The van der Waals surface area contributed by atoms with Gasteiger partial charge in [0.25, 0.3) is 11.5 Å². The molecule has 2 N–H and O–H groups in total. The number of rotatable bonds is 4. The summed E-state index contributed by atoms with van der Waals surface area (Å²) in [6.07, 6.45) is -4.75. The third kappa shape index (κ3) is 6.89. The molecule has 3 aromatic rings. The average Bonchev–Trinajstić information content (AvgIpc) is 3.22. The number of aromatic amines is 1. The van der Waals surface area contributed by atoms with Gasteiger partial charge >= 0.3 is 12.1 Å². The third-order valence-electron chi connectivity index (χ3n) is 6.14. The molecule has 0 atom stereocenters. The van der Waals surface area contributed by atoms with Crippen LogP contribution in [0.2, 0.25) is 0 Å². The number of carbonyl (C=O) groups excluding carboxylic acids is 2. The number of H-pyrrole nitrogens is 1. The Morgan fingerprint density at radius 2 is 1.75 bits per heavy atom. The molecule has 3 heterocycles. The minimum Gasteiger partial charge on any atom is -0.475 e. The average molecular weight is 584 g/mol. The SMILES string of the molecule is Cc1nc(C)c(N2CCN(C(=O)c3cc(Cc4n[nH]c(=O)c(C)c4C)ccc3F)CC2=O)s1.O=C(O)C(F)(F)F. The van der Waals surface area contributed by atoms with E-state index in [2.05, 4.69) is 15.2 Å². The third-order valence-corrected chi connectivity index (χ3v) is 7.23. The first-order chi connectivity index (χ1) is 18.6. The Hall–Kier alpha value is -4.14. The number of aromatic nitrogens is 3. The first-order valence-electron chi connectivity index (χ1n) is 11.8. The van der Waals surface area contributed by atoms with Gasteiger partial charge in [0.05, 0.1) is 22.0 Å². The number of amides is 2. The maximum Gasteiger partial charge on any atom is 0.490 e. The fraction of sp³-hybridized carbons (Fsp3) is 0.360.